The van der Waals surface area contributed by atoms with E-state index in [0.717, 1.165) is 18.7 Å². The van der Waals surface area contributed by atoms with Gasteiger partial charge in [0.2, 0.25) is 0 Å². The average Bonchev–Trinajstić information content (AvgIpc) is 2.70. The molecule has 0 aromatic carbocycles. The number of hydrogen-bond donors (Lipinski definition) is 0. The number of nitrogens with zero attached hydrogens (tertiary/aromatic N) is 1. The lowest BCUT2D eigenvalue weighted by atomic mass is 10.0. The lowest BCUT2D eigenvalue weighted by molar-refractivity contribution is 0.218. The smallest absolute Gasteiger partial charge is 0.0443 e. The highest BCUT2D eigenvalue weighted by Crippen LogP contribution is 2.32. The first kappa shape index (κ1) is 11.2. The zero-order chi connectivity index (χ0) is 10.8. The van der Waals surface area contributed by atoms with Gasteiger partial charge in [0.05, 0.1) is 0 Å². The fourth-order valence-corrected chi connectivity index (χ4v) is 3.15. The van der Waals surface area contributed by atoms with E-state index < -0.39 is 0 Å². The SMILES string of the molecule is C=C(CCl)CN1CCc2sccc2C1C. The normalized spacial score (nSPS) is 21.3. The molecule has 1 aliphatic rings. The third-order valence-electron chi connectivity index (χ3n) is 3.02. The number of alkyl halides is 1. The van der Waals surface area contributed by atoms with Crippen molar-refractivity contribution in [1.29, 1.82) is 0 Å². The maximum absolute atomic E-state index is 5.77. The molecular formula is C12H16ClNS. The van der Waals surface area contributed by atoms with Gasteiger partial charge in [-0.05, 0) is 35.9 Å². The van der Waals surface area contributed by atoms with Crippen LogP contribution in [0.1, 0.15) is 23.4 Å². The molecule has 82 valence electrons. The molecule has 1 aliphatic heterocycles. The Labute approximate surface area is 100 Å². The molecule has 1 nitrogen and oxygen atoms in total. The van der Waals surface area contributed by atoms with Crippen LogP contribution in [-0.2, 0) is 6.42 Å². The predicted molar refractivity (Wildman–Crippen MR) is 67.9 cm³/mol. The van der Waals surface area contributed by atoms with Gasteiger partial charge in [0.15, 0.2) is 0 Å². The summed E-state index contributed by atoms with van der Waals surface area (Å²) in [5, 5.41) is 2.20. The third kappa shape index (κ3) is 2.27. The average molecular weight is 242 g/mol. The Kier molecular flexibility index (Phi) is 3.49. The molecule has 2 heterocycles. The zero-order valence-corrected chi connectivity index (χ0v) is 10.6. The number of fused-ring (bicyclic) bond motifs is 1. The molecule has 1 aromatic heterocycles. The van der Waals surface area contributed by atoms with E-state index in [1.54, 1.807) is 4.88 Å². The zero-order valence-electron chi connectivity index (χ0n) is 9.00. The molecule has 0 fully saturated rings. The topological polar surface area (TPSA) is 3.24 Å². The van der Waals surface area contributed by atoms with Gasteiger partial charge >= 0.3 is 0 Å². The van der Waals surface area contributed by atoms with Crippen LogP contribution >= 0.6 is 22.9 Å². The first-order valence-electron chi connectivity index (χ1n) is 5.25. The van der Waals surface area contributed by atoms with Crippen molar-refractivity contribution in [3.05, 3.63) is 34.0 Å². The van der Waals surface area contributed by atoms with Gasteiger partial charge in [0, 0.05) is 29.9 Å². The van der Waals surface area contributed by atoms with E-state index in [0.29, 0.717) is 11.9 Å². The van der Waals surface area contributed by atoms with Gasteiger partial charge in [-0.25, -0.2) is 0 Å². The molecule has 15 heavy (non-hydrogen) atoms. The van der Waals surface area contributed by atoms with Gasteiger partial charge < -0.3 is 0 Å². The molecule has 0 aliphatic carbocycles. The molecule has 0 spiro atoms. The van der Waals surface area contributed by atoms with E-state index in [9.17, 15) is 0 Å². The second-order valence-electron chi connectivity index (χ2n) is 4.08. The highest BCUT2D eigenvalue weighted by atomic mass is 35.5. The number of halogens is 1. The van der Waals surface area contributed by atoms with Crippen molar-refractivity contribution < 1.29 is 0 Å². The first-order valence-corrected chi connectivity index (χ1v) is 6.66. The van der Waals surface area contributed by atoms with Crippen LogP contribution in [0.2, 0.25) is 0 Å². The molecule has 1 atom stereocenters. The van der Waals surface area contributed by atoms with Gasteiger partial charge in [-0.3, -0.25) is 4.90 Å². The molecule has 0 N–H and O–H groups in total. The highest BCUT2D eigenvalue weighted by Gasteiger charge is 2.24. The van der Waals surface area contributed by atoms with Gasteiger partial charge in [-0.15, -0.1) is 22.9 Å². The number of thiophene rings is 1. The van der Waals surface area contributed by atoms with Gasteiger partial charge in [0.1, 0.15) is 0 Å². The molecule has 0 amide bonds. The Morgan fingerprint density at radius 3 is 3.27 bits per heavy atom. The molecule has 1 aromatic rings. The summed E-state index contributed by atoms with van der Waals surface area (Å²) in [6.45, 7) is 8.30. The van der Waals surface area contributed by atoms with Crippen molar-refractivity contribution in [2.45, 2.75) is 19.4 Å². The minimum absolute atomic E-state index is 0.514. The summed E-state index contributed by atoms with van der Waals surface area (Å²) in [5.41, 5.74) is 2.61. The summed E-state index contributed by atoms with van der Waals surface area (Å²) in [7, 11) is 0. The molecular weight excluding hydrogens is 226 g/mol. The summed E-state index contributed by atoms with van der Waals surface area (Å²) in [5.74, 6) is 0.569. The molecule has 3 heteroatoms. The molecule has 0 bridgehead atoms. The van der Waals surface area contributed by atoms with Crippen LogP contribution in [0.15, 0.2) is 23.6 Å². The lowest BCUT2D eigenvalue weighted by Gasteiger charge is -2.33. The van der Waals surface area contributed by atoms with Gasteiger partial charge in [-0.2, -0.15) is 0 Å². The minimum Gasteiger partial charge on any atom is -0.292 e. The van der Waals surface area contributed by atoms with E-state index in [4.69, 9.17) is 11.6 Å². The van der Waals surface area contributed by atoms with E-state index in [1.165, 1.54) is 12.0 Å². The summed E-state index contributed by atoms with van der Waals surface area (Å²) in [4.78, 5) is 4.01. The summed E-state index contributed by atoms with van der Waals surface area (Å²) >= 11 is 7.65. The summed E-state index contributed by atoms with van der Waals surface area (Å²) in [6.07, 6.45) is 1.17. The Morgan fingerprint density at radius 1 is 1.73 bits per heavy atom. The fourth-order valence-electron chi connectivity index (χ4n) is 2.11. The Bertz CT molecular complexity index is 358. The predicted octanol–water partition coefficient (Wildman–Crippen LogP) is 3.46. The van der Waals surface area contributed by atoms with Crippen molar-refractivity contribution in [3.8, 4) is 0 Å². The second-order valence-corrected chi connectivity index (χ2v) is 5.35. The van der Waals surface area contributed by atoms with Crippen LogP contribution in [0.25, 0.3) is 0 Å². The second kappa shape index (κ2) is 4.69. The quantitative estimate of drug-likeness (QED) is 0.579. The Morgan fingerprint density at radius 2 is 2.53 bits per heavy atom. The first-order chi connectivity index (χ1) is 7.22. The van der Waals surface area contributed by atoms with Crippen molar-refractivity contribution in [2.75, 3.05) is 19.0 Å². The summed E-state index contributed by atoms with van der Waals surface area (Å²) < 4.78 is 0. The van der Waals surface area contributed by atoms with Crippen molar-refractivity contribution in [3.63, 3.8) is 0 Å². The molecule has 0 saturated heterocycles. The van der Waals surface area contributed by atoms with E-state index in [-0.39, 0.29) is 0 Å². The van der Waals surface area contributed by atoms with E-state index in [1.807, 2.05) is 11.3 Å². The van der Waals surface area contributed by atoms with Crippen molar-refractivity contribution in [1.82, 2.24) is 4.90 Å². The molecule has 0 saturated carbocycles. The standard InChI is InChI=1S/C12H16ClNS/c1-9(7-13)8-14-5-3-12-11(10(14)2)4-6-15-12/h4,6,10H,1,3,5,7-8H2,2H3. The molecule has 2 rings (SSSR count). The van der Waals surface area contributed by atoms with Crippen LogP contribution in [0.5, 0.6) is 0 Å². The Balaban J connectivity index is 2.09. The molecule has 1 unspecified atom stereocenters. The largest absolute Gasteiger partial charge is 0.292 e. The lowest BCUT2D eigenvalue weighted by Crippen LogP contribution is -2.34. The van der Waals surface area contributed by atoms with Crippen LogP contribution < -0.4 is 0 Å². The maximum Gasteiger partial charge on any atom is 0.0443 e. The van der Waals surface area contributed by atoms with Crippen LogP contribution in [-0.4, -0.2) is 23.9 Å². The van der Waals surface area contributed by atoms with E-state index >= 15 is 0 Å². The number of hydrogen-bond acceptors (Lipinski definition) is 2. The van der Waals surface area contributed by atoms with Crippen LogP contribution in [0, 0.1) is 0 Å². The van der Waals surface area contributed by atoms with Crippen molar-refractivity contribution >= 4 is 22.9 Å². The third-order valence-corrected chi connectivity index (χ3v) is 4.39. The van der Waals surface area contributed by atoms with Gasteiger partial charge in [0.25, 0.3) is 0 Å². The highest BCUT2D eigenvalue weighted by molar-refractivity contribution is 7.10. The van der Waals surface area contributed by atoms with Crippen LogP contribution in [0.3, 0.4) is 0 Å². The van der Waals surface area contributed by atoms with Crippen LogP contribution in [0.4, 0.5) is 0 Å². The Hall–Kier alpha value is -0.310. The summed E-state index contributed by atoms with van der Waals surface area (Å²) in [6, 6.07) is 2.76. The molecule has 0 radical (unpaired) electrons. The fraction of sp³-hybridized carbons (Fsp3) is 0.500. The van der Waals surface area contributed by atoms with E-state index in [2.05, 4.69) is 29.8 Å². The maximum atomic E-state index is 5.77. The number of rotatable bonds is 3. The van der Waals surface area contributed by atoms with Crippen molar-refractivity contribution in [2.24, 2.45) is 0 Å². The monoisotopic (exact) mass is 241 g/mol. The van der Waals surface area contributed by atoms with Gasteiger partial charge in [-0.1, -0.05) is 6.58 Å². The minimum atomic E-state index is 0.514.